The molecule has 2 heterocycles. The maximum Gasteiger partial charge on any atom is 0.169 e. The Balaban J connectivity index is 1.70. The molecule has 0 bridgehead atoms. The maximum absolute atomic E-state index is 10.8. The number of nitriles is 1. The van der Waals surface area contributed by atoms with Crippen molar-refractivity contribution >= 4 is 49.9 Å². The van der Waals surface area contributed by atoms with Crippen LogP contribution in [0.4, 0.5) is 0 Å². The van der Waals surface area contributed by atoms with Crippen molar-refractivity contribution in [3.63, 3.8) is 0 Å². The van der Waals surface area contributed by atoms with Crippen molar-refractivity contribution in [3.05, 3.63) is 59.3 Å². The summed E-state index contributed by atoms with van der Waals surface area (Å²) in [5.74, 6) is 0.0289. The van der Waals surface area contributed by atoms with Crippen LogP contribution in [0.5, 0.6) is 0 Å². The van der Waals surface area contributed by atoms with Crippen molar-refractivity contribution < 1.29 is 5.11 Å². The number of para-hydroxylation sites is 3. The molecule has 28 heavy (non-hydrogen) atoms. The number of benzene rings is 2. The monoisotopic (exact) mass is 406 g/mol. The summed E-state index contributed by atoms with van der Waals surface area (Å²) >= 11 is 2.86. The van der Waals surface area contributed by atoms with Crippen LogP contribution < -0.4 is 0 Å². The SMILES string of the molecule is CCn1c(S[C@H](C)C(O)=C(C#N)c2nc3ccccc3s2)nc2ccccc21. The number of thiazole rings is 1. The molecular formula is C21H18N4OS2. The fourth-order valence-corrected chi connectivity index (χ4v) is 5.08. The number of allylic oxidation sites excluding steroid dienone is 1. The molecule has 0 fully saturated rings. The molecule has 0 saturated heterocycles. The summed E-state index contributed by atoms with van der Waals surface area (Å²) < 4.78 is 3.11. The minimum absolute atomic E-state index is 0.0289. The van der Waals surface area contributed by atoms with Gasteiger partial charge in [0.05, 0.1) is 26.5 Å². The molecular weight excluding hydrogens is 388 g/mol. The van der Waals surface area contributed by atoms with Gasteiger partial charge in [-0.05, 0) is 38.1 Å². The number of thioether (sulfide) groups is 1. The van der Waals surface area contributed by atoms with E-state index in [1.54, 1.807) is 0 Å². The van der Waals surface area contributed by atoms with Gasteiger partial charge in [0.2, 0.25) is 0 Å². The van der Waals surface area contributed by atoms with Crippen LogP contribution in [0, 0.1) is 11.3 Å². The quantitative estimate of drug-likeness (QED) is 0.264. The number of fused-ring (bicyclic) bond motifs is 2. The van der Waals surface area contributed by atoms with E-state index in [0.717, 1.165) is 33.0 Å². The molecule has 0 aliphatic rings. The second kappa shape index (κ2) is 7.66. The van der Waals surface area contributed by atoms with Gasteiger partial charge in [0.15, 0.2) is 5.16 Å². The van der Waals surface area contributed by atoms with E-state index >= 15 is 0 Å². The molecule has 0 saturated carbocycles. The molecule has 140 valence electrons. The number of aryl methyl sites for hydroxylation is 1. The van der Waals surface area contributed by atoms with Crippen molar-refractivity contribution in [2.24, 2.45) is 0 Å². The summed E-state index contributed by atoms with van der Waals surface area (Å²) in [6.07, 6.45) is 0. The molecule has 2 aromatic carbocycles. The molecule has 4 aromatic rings. The first kappa shape index (κ1) is 18.5. The summed E-state index contributed by atoms with van der Waals surface area (Å²) in [5.41, 5.74) is 3.04. The standard InChI is InChI=1S/C21H18N4OS2/c1-3-25-17-10-6-4-8-15(17)24-21(25)27-13(2)19(26)14(12-22)20-23-16-9-5-7-11-18(16)28-20/h4-11,13,26H,3H2,1-2H3/t13-/m1/s1. The molecule has 5 nitrogen and oxygen atoms in total. The van der Waals surface area contributed by atoms with Gasteiger partial charge < -0.3 is 9.67 Å². The molecule has 0 radical (unpaired) electrons. The van der Waals surface area contributed by atoms with E-state index < -0.39 is 0 Å². The van der Waals surface area contributed by atoms with Gasteiger partial charge in [-0.2, -0.15) is 5.26 Å². The summed E-state index contributed by atoms with van der Waals surface area (Å²) in [5, 5.41) is 21.5. The molecule has 0 spiro atoms. The second-order valence-electron chi connectivity index (χ2n) is 6.25. The number of hydrogen-bond acceptors (Lipinski definition) is 6. The largest absolute Gasteiger partial charge is 0.510 e. The fourth-order valence-electron chi connectivity index (χ4n) is 3.06. The van der Waals surface area contributed by atoms with Crippen LogP contribution in [-0.4, -0.2) is 24.9 Å². The van der Waals surface area contributed by atoms with E-state index in [4.69, 9.17) is 4.98 Å². The van der Waals surface area contributed by atoms with Gasteiger partial charge in [-0.1, -0.05) is 36.0 Å². The van der Waals surface area contributed by atoms with E-state index in [9.17, 15) is 10.4 Å². The average molecular weight is 407 g/mol. The fraction of sp³-hybridized carbons (Fsp3) is 0.190. The lowest BCUT2D eigenvalue weighted by Crippen LogP contribution is -2.06. The van der Waals surface area contributed by atoms with Crippen molar-refractivity contribution in [3.8, 4) is 6.07 Å². The maximum atomic E-state index is 10.8. The number of aliphatic hydroxyl groups excluding tert-OH is 1. The van der Waals surface area contributed by atoms with E-state index in [-0.39, 0.29) is 16.6 Å². The first-order valence-corrected chi connectivity index (χ1v) is 10.6. The highest BCUT2D eigenvalue weighted by atomic mass is 32.2. The van der Waals surface area contributed by atoms with E-state index in [1.165, 1.54) is 23.1 Å². The molecule has 1 N–H and O–H groups in total. The van der Waals surface area contributed by atoms with E-state index in [0.29, 0.717) is 5.01 Å². The third-order valence-electron chi connectivity index (χ3n) is 4.48. The zero-order chi connectivity index (χ0) is 19.7. The lowest BCUT2D eigenvalue weighted by atomic mass is 10.2. The molecule has 7 heteroatoms. The summed E-state index contributed by atoms with van der Waals surface area (Å²) in [4.78, 5) is 9.21. The molecule has 4 rings (SSSR count). The number of nitrogens with zero attached hydrogens (tertiary/aromatic N) is 4. The highest BCUT2D eigenvalue weighted by Gasteiger charge is 2.21. The Labute approximate surface area is 171 Å². The number of imidazole rings is 1. The van der Waals surface area contributed by atoms with Gasteiger partial charge in [0.25, 0.3) is 0 Å². The lowest BCUT2D eigenvalue weighted by molar-refractivity contribution is 0.402. The average Bonchev–Trinajstić information content (AvgIpc) is 3.28. The van der Waals surface area contributed by atoms with Gasteiger partial charge in [-0.15, -0.1) is 11.3 Å². The molecule has 0 amide bonds. The minimum Gasteiger partial charge on any atom is -0.510 e. The van der Waals surface area contributed by atoms with Crippen LogP contribution in [-0.2, 0) is 6.54 Å². The molecule has 0 aliphatic carbocycles. The Morgan fingerprint density at radius 1 is 1.18 bits per heavy atom. The van der Waals surface area contributed by atoms with Crippen LogP contribution in [0.2, 0.25) is 0 Å². The second-order valence-corrected chi connectivity index (χ2v) is 8.58. The normalized spacial score (nSPS) is 13.5. The number of aromatic nitrogens is 3. The smallest absolute Gasteiger partial charge is 0.169 e. The Bertz CT molecular complexity index is 1200. The Morgan fingerprint density at radius 2 is 1.89 bits per heavy atom. The van der Waals surface area contributed by atoms with Crippen molar-refractivity contribution in [2.45, 2.75) is 30.8 Å². The number of hydrogen-bond donors (Lipinski definition) is 1. The van der Waals surface area contributed by atoms with Gasteiger partial charge in [0.1, 0.15) is 22.4 Å². The predicted octanol–water partition coefficient (Wildman–Crippen LogP) is 5.64. The molecule has 1 atom stereocenters. The Hall–Kier alpha value is -2.82. The Kier molecular flexibility index (Phi) is 5.07. The van der Waals surface area contributed by atoms with Gasteiger partial charge in [0, 0.05) is 6.54 Å². The van der Waals surface area contributed by atoms with Gasteiger partial charge in [-0.25, -0.2) is 9.97 Å². The van der Waals surface area contributed by atoms with Crippen LogP contribution >= 0.6 is 23.1 Å². The van der Waals surface area contributed by atoms with Crippen molar-refractivity contribution in [2.75, 3.05) is 0 Å². The topological polar surface area (TPSA) is 74.7 Å². The third kappa shape index (κ3) is 3.26. The van der Waals surface area contributed by atoms with Crippen LogP contribution in [0.1, 0.15) is 18.9 Å². The predicted molar refractivity (Wildman–Crippen MR) is 116 cm³/mol. The first-order valence-electron chi connectivity index (χ1n) is 8.93. The van der Waals surface area contributed by atoms with Gasteiger partial charge >= 0.3 is 0 Å². The van der Waals surface area contributed by atoms with E-state index in [2.05, 4.69) is 22.5 Å². The summed E-state index contributed by atoms with van der Waals surface area (Å²) in [7, 11) is 0. The number of rotatable bonds is 5. The van der Waals surface area contributed by atoms with Crippen LogP contribution in [0.3, 0.4) is 0 Å². The minimum atomic E-state index is -0.330. The van der Waals surface area contributed by atoms with Gasteiger partial charge in [-0.3, -0.25) is 0 Å². The zero-order valence-electron chi connectivity index (χ0n) is 15.5. The zero-order valence-corrected chi connectivity index (χ0v) is 17.1. The van der Waals surface area contributed by atoms with Crippen LogP contribution in [0.25, 0.3) is 26.8 Å². The van der Waals surface area contributed by atoms with Crippen molar-refractivity contribution in [1.82, 2.24) is 14.5 Å². The first-order chi connectivity index (χ1) is 13.6. The summed E-state index contributed by atoms with van der Waals surface area (Å²) in [6.45, 7) is 4.73. The molecule has 2 aromatic heterocycles. The summed E-state index contributed by atoms with van der Waals surface area (Å²) in [6, 6.07) is 17.8. The Morgan fingerprint density at radius 3 is 2.61 bits per heavy atom. The highest BCUT2D eigenvalue weighted by molar-refractivity contribution is 8.00. The molecule has 0 unspecified atom stereocenters. The van der Waals surface area contributed by atoms with Crippen LogP contribution in [0.15, 0.2) is 59.4 Å². The third-order valence-corrected chi connectivity index (χ3v) is 6.63. The molecule has 0 aliphatic heterocycles. The van der Waals surface area contributed by atoms with E-state index in [1.807, 2.05) is 55.5 Å². The number of aliphatic hydroxyl groups is 1. The lowest BCUT2D eigenvalue weighted by Gasteiger charge is -2.12. The highest BCUT2D eigenvalue weighted by Crippen LogP contribution is 2.34. The van der Waals surface area contributed by atoms with Crippen molar-refractivity contribution in [1.29, 1.82) is 5.26 Å².